The molecule has 38 heavy (non-hydrogen) atoms. The molecule has 6 rings (SSSR count). The molecule has 1 atom stereocenters. The maximum atomic E-state index is 12.5. The molecule has 2 heterocycles. The van der Waals surface area contributed by atoms with E-state index in [1.54, 1.807) is 5.01 Å². The number of para-hydroxylation sites is 5. The van der Waals surface area contributed by atoms with Gasteiger partial charge < -0.3 is 0 Å². The van der Waals surface area contributed by atoms with Crippen LogP contribution in [0.3, 0.4) is 0 Å². The van der Waals surface area contributed by atoms with Crippen molar-refractivity contribution in [3.05, 3.63) is 107 Å². The highest BCUT2D eigenvalue weighted by molar-refractivity contribution is 7.89. The molecule has 0 fully saturated rings. The molecule has 0 radical (unpaired) electrons. The maximum absolute atomic E-state index is 12.5. The summed E-state index contributed by atoms with van der Waals surface area (Å²) in [6, 6.07) is 27.7. The number of hydrogen-bond acceptors (Lipinski definition) is 6. The molecule has 1 amide bonds. The van der Waals surface area contributed by atoms with Crippen LogP contribution in [0, 0.1) is 0 Å². The number of carbonyl (C=O) groups excluding carboxylic acids is 1. The van der Waals surface area contributed by atoms with Gasteiger partial charge in [0.2, 0.25) is 10.0 Å². The molecule has 0 unspecified atom stereocenters. The lowest BCUT2D eigenvalue weighted by Gasteiger charge is -2.25. The van der Waals surface area contributed by atoms with E-state index in [1.807, 2.05) is 79.7 Å². The number of hydrazine groups is 1. The fourth-order valence-electron chi connectivity index (χ4n) is 4.34. The van der Waals surface area contributed by atoms with Crippen molar-refractivity contribution < 1.29 is 13.2 Å². The largest absolute Gasteiger partial charge is 0.282 e. The molecule has 0 bridgehead atoms. The van der Waals surface area contributed by atoms with Crippen LogP contribution in [-0.2, 0) is 16.4 Å². The summed E-state index contributed by atoms with van der Waals surface area (Å²) in [7, 11) is -4.00. The minimum Gasteiger partial charge on any atom is -0.282 e. The Balaban J connectivity index is 0.000000177. The summed E-state index contributed by atoms with van der Waals surface area (Å²) in [4.78, 5) is 21.3. The monoisotopic (exact) mass is 545 g/mol. The lowest BCUT2D eigenvalue weighted by Crippen LogP contribution is -2.45. The zero-order valence-electron chi connectivity index (χ0n) is 20.4. The summed E-state index contributed by atoms with van der Waals surface area (Å²) in [6.45, 7) is 2.00. The number of aromatic nitrogens is 2. The Morgan fingerprint density at radius 1 is 0.895 bits per heavy atom. The number of benzene rings is 4. The third-order valence-electron chi connectivity index (χ3n) is 6.17. The van der Waals surface area contributed by atoms with Gasteiger partial charge in [-0.2, -0.15) is 0 Å². The molecule has 0 saturated carbocycles. The van der Waals surface area contributed by atoms with Crippen molar-refractivity contribution in [3.8, 4) is 0 Å². The standard InChI is InChI=1S/C16H16ClN3O3S.C12H8N2/c1-10-8-11-4-2-3-5-14(11)20(10)19-16(21)12-6-7-13(17)15(9-12)24(18,22)23;1-2-6-10-9(5-1)13-11-7-3-4-8-12(11)14-10/h2-7,9-10H,8H2,1H3,(H,19,21)(H2,18,22,23);1-8H/t10-;/m0./s1. The topological polar surface area (TPSA) is 118 Å². The Morgan fingerprint density at radius 3 is 1.97 bits per heavy atom. The van der Waals surface area contributed by atoms with E-state index in [-0.39, 0.29) is 21.5 Å². The number of halogens is 1. The predicted molar refractivity (Wildman–Crippen MR) is 149 cm³/mol. The number of sulfonamides is 1. The van der Waals surface area contributed by atoms with Gasteiger partial charge in [-0.25, -0.2) is 23.5 Å². The SMILES string of the molecule is C[C@H]1Cc2ccccc2N1NC(=O)c1ccc(Cl)c(S(N)(=O)=O)c1.c1ccc2nc3ccccc3nc2c1. The van der Waals surface area contributed by atoms with E-state index in [0.29, 0.717) is 0 Å². The molecule has 1 aliphatic rings. The molecule has 0 spiro atoms. The van der Waals surface area contributed by atoms with Crippen LogP contribution in [0.4, 0.5) is 5.69 Å². The van der Waals surface area contributed by atoms with Crippen molar-refractivity contribution in [1.29, 1.82) is 0 Å². The lowest BCUT2D eigenvalue weighted by molar-refractivity contribution is 0.0946. The second-order valence-electron chi connectivity index (χ2n) is 8.88. The fraction of sp³-hybridized carbons (Fsp3) is 0.107. The average Bonchev–Trinajstić information content (AvgIpc) is 3.22. The van der Waals surface area contributed by atoms with Crippen molar-refractivity contribution in [2.45, 2.75) is 24.3 Å². The van der Waals surface area contributed by atoms with Gasteiger partial charge in [0.25, 0.3) is 5.91 Å². The number of nitrogens with zero attached hydrogens (tertiary/aromatic N) is 3. The highest BCUT2D eigenvalue weighted by Crippen LogP contribution is 2.30. The van der Waals surface area contributed by atoms with Gasteiger partial charge in [-0.1, -0.05) is 54.1 Å². The van der Waals surface area contributed by atoms with Gasteiger partial charge in [0.15, 0.2) is 0 Å². The van der Waals surface area contributed by atoms with E-state index in [9.17, 15) is 13.2 Å². The third kappa shape index (κ3) is 5.31. The van der Waals surface area contributed by atoms with Gasteiger partial charge in [-0.05, 0) is 67.4 Å². The van der Waals surface area contributed by atoms with Gasteiger partial charge in [0.05, 0.1) is 38.8 Å². The molecule has 0 saturated heterocycles. The predicted octanol–water partition coefficient (Wildman–Crippen LogP) is 4.87. The summed E-state index contributed by atoms with van der Waals surface area (Å²) in [6.07, 6.45) is 0.819. The van der Waals surface area contributed by atoms with Crippen LogP contribution in [0.5, 0.6) is 0 Å². The maximum Gasteiger partial charge on any atom is 0.269 e. The normalized spacial score (nSPS) is 14.6. The number of fused-ring (bicyclic) bond motifs is 3. The number of primary sulfonamides is 1. The van der Waals surface area contributed by atoms with E-state index >= 15 is 0 Å². The van der Waals surface area contributed by atoms with Crippen molar-refractivity contribution in [1.82, 2.24) is 15.4 Å². The van der Waals surface area contributed by atoms with Gasteiger partial charge in [0, 0.05) is 5.56 Å². The number of anilines is 1. The van der Waals surface area contributed by atoms with Gasteiger partial charge >= 0.3 is 0 Å². The van der Waals surface area contributed by atoms with E-state index in [4.69, 9.17) is 16.7 Å². The van der Waals surface area contributed by atoms with Crippen LogP contribution in [-0.4, -0.2) is 30.3 Å². The Labute approximate surface area is 225 Å². The van der Waals surface area contributed by atoms with E-state index in [1.165, 1.54) is 18.2 Å². The number of hydrogen-bond donors (Lipinski definition) is 2. The number of carbonyl (C=O) groups is 1. The average molecular weight is 546 g/mol. The second kappa shape index (κ2) is 10.4. The summed E-state index contributed by atoms with van der Waals surface area (Å²) in [5.74, 6) is -0.430. The van der Waals surface area contributed by atoms with Crippen LogP contribution in [0.1, 0.15) is 22.8 Å². The van der Waals surface area contributed by atoms with E-state index in [0.717, 1.165) is 39.7 Å². The molecule has 10 heteroatoms. The first-order valence-corrected chi connectivity index (χ1v) is 13.7. The molecule has 8 nitrogen and oxygen atoms in total. The van der Waals surface area contributed by atoms with Crippen LogP contribution < -0.4 is 15.6 Å². The number of rotatable bonds is 3. The second-order valence-corrected chi connectivity index (χ2v) is 10.8. The van der Waals surface area contributed by atoms with E-state index in [2.05, 4.69) is 15.4 Å². The molecular formula is C28H24ClN5O3S. The van der Waals surface area contributed by atoms with Crippen molar-refractivity contribution in [3.63, 3.8) is 0 Å². The van der Waals surface area contributed by atoms with Crippen LogP contribution in [0.25, 0.3) is 22.1 Å². The van der Waals surface area contributed by atoms with Crippen molar-refractivity contribution >= 4 is 55.3 Å². The highest BCUT2D eigenvalue weighted by Gasteiger charge is 2.27. The Bertz CT molecular complexity index is 1670. The zero-order valence-corrected chi connectivity index (χ0v) is 21.9. The molecule has 1 aliphatic heterocycles. The Kier molecular flexibility index (Phi) is 6.98. The number of amides is 1. The van der Waals surface area contributed by atoms with Gasteiger partial charge in [0.1, 0.15) is 4.90 Å². The Hall–Kier alpha value is -4.05. The molecule has 4 aromatic carbocycles. The fourth-order valence-corrected chi connectivity index (χ4v) is 5.41. The van der Waals surface area contributed by atoms with E-state index < -0.39 is 15.9 Å². The first-order chi connectivity index (χ1) is 18.2. The summed E-state index contributed by atoms with van der Waals surface area (Å²) in [5.41, 5.74) is 8.86. The smallest absolute Gasteiger partial charge is 0.269 e. The third-order valence-corrected chi connectivity index (χ3v) is 7.57. The van der Waals surface area contributed by atoms with Crippen LogP contribution >= 0.6 is 11.6 Å². The summed E-state index contributed by atoms with van der Waals surface area (Å²) in [5, 5.41) is 6.88. The quantitative estimate of drug-likeness (QED) is 0.312. The molecule has 3 N–H and O–H groups in total. The van der Waals surface area contributed by atoms with Crippen molar-refractivity contribution in [2.75, 3.05) is 5.01 Å². The zero-order chi connectivity index (χ0) is 26.9. The molecule has 192 valence electrons. The van der Waals surface area contributed by atoms with Crippen LogP contribution in [0.2, 0.25) is 5.02 Å². The summed E-state index contributed by atoms with van der Waals surface area (Å²) >= 11 is 5.84. The van der Waals surface area contributed by atoms with Gasteiger partial charge in [-0.15, -0.1) is 0 Å². The first-order valence-electron chi connectivity index (χ1n) is 11.8. The number of nitrogens with one attached hydrogen (secondary N) is 1. The lowest BCUT2D eigenvalue weighted by atomic mass is 10.1. The molecular weight excluding hydrogens is 522 g/mol. The molecule has 1 aromatic heterocycles. The summed E-state index contributed by atoms with van der Waals surface area (Å²) < 4.78 is 23.1. The number of nitrogens with two attached hydrogens (primary N) is 1. The first kappa shape index (κ1) is 25.6. The van der Waals surface area contributed by atoms with Gasteiger partial charge in [-0.3, -0.25) is 15.2 Å². The van der Waals surface area contributed by atoms with Crippen LogP contribution in [0.15, 0.2) is 95.9 Å². The molecule has 0 aliphatic carbocycles. The van der Waals surface area contributed by atoms with Crippen molar-refractivity contribution in [2.24, 2.45) is 5.14 Å². The minimum absolute atomic E-state index is 0.0195. The minimum atomic E-state index is -4.00. The Morgan fingerprint density at radius 2 is 1.42 bits per heavy atom. The highest BCUT2D eigenvalue weighted by atomic mass is 35.5. The molecule has 5 aromatic rings.